The highest BCUT2D eigenvalue weighted by atomic mass is 16.3. The molecule has 2 unspecified atom stereocenters. The fourth-order valence-corrected chi connectivity index (χ4v) is 2.21. The molecule has 2 N–H and O–H groups in total. The van der Waals surface area contributed by atoms with Gasteiger partial charge in [0.05, 0.1) is 12.2 Å². The number of pyridine rings is 1. The second-order valence-electron chi connectivity index (χ2n) is 4.85. The van der Waals surface area contributed by atoms with Crippen molar-refractivity contribution in [3.63, 3.8) is 0 Å². The molecular formula is C15H25NO2. The molecule has 0 aromatic carbocycles. The Morgan fingerprint density at radius 1 is 1.11 bits per heavy atom. The van der Waals surface area contributed by atoms with Gasteiger partial charge in [-0.1, -0.05) is 39.7 Å². The molecule has 0 radical (unpaired) electrons. The fraction of sp³-hybridized carbons (Fsp3) is 0.667. The van der Waals surface area contributed by atoms with Crippen molar-refractivity contribution in [1.82, 2.24) is 4.98 Å². The fourth-order valence-electron chi connectivity index (χ4n) is 2.21. The molecule has 0 aliphatic rings. The zero-order valence-corrected chi connectivity index (χ0v) is 11.6. The summed E-state index contributed by atoms with van der Waals surface area (Å²) in [6, 6.07) is 3.96. The van der Waals surface area contributed by atoms with Crippen molar-refractivity contribution in [2.24, 2.45) is 5.92 Å². The third kappa shape index (κ3) is 4.07. The Kier molecular flexibility index (Phi) is 6.30. The Balaban J connectivity index is 2.59. The van der Waals surface area contributed by atoms with Gasteiger partial charge in [-0.05, 0) is 24.0 Å². The van der Waals surface area contributed by atoms with E-state index in [1.54, 1.807) is 0 Å². The smallest absolute Gasteiger partial charge is 0.0857 e. The normalized spacial score (nSPS) is 14.8. The minimum Gasteiger partial charge on any atom is -0.390 e. The van der Waals surface area contributed by atoms with E-state index in [0.29, 0.717) is 6.42 Å². The monoisotopic (exact) mass is 251 g/mol. The molecule has 1 rings (SSSR count). The van der Waals surface area contributed by atoms with E-state index < -0.39 is 12.2 Å². The van der Waals surface area contributed by atoms with Crippen LogP contribution in [0.25, 0.3) is 0 Å². The summed E-state index contributed by atoms with van der Waals surface area (Å²) in [4.78, 5) is 4.31. The number of aromatic nitrogens is 1. The molecule has 1 aromatic heterocycles. The molecule has 0 amide bonds. The topological polar surface area (TPSA) is 53.4 Å². The third-order valence-corrected chi connectivity index (χ3v) is 3.64. The molecule has 0 spiro atoms. The van der Waals surface area contributed by atoms with E-state index in [2.05, 4.69) is 11.9 Å². The van der Waals surface area contributed by atoms with Crippen LogP contribution in [0.3, 0.4) is 0 Å². The van der Waals surface area contributed by atoms with E-state index in [1.165, 1.54) is 5.56 Å². The van der Waals surface area contributed by atoms with Crippen LogP contribution in [-0.2, 0) is 12.8 Å². The van der Waals surface area contributed by atoms with Gasteiger partial charge in [-0.15, -0.1) is 0 Å². The van der Waals surface area contributed by atoms with Gasteiger partial charge in [0, 0.05) is 18.3 Å². The lowest BCUT2D eigenvalue weighted by atomic mass is 9.91. The van der Waals surface area contributed by atoms with Crippen molar-refractivity contribution >= 4 is 0 Å². The van der Waals surface area contributed by atoms with Crippen LogP contribution in [0.2, 0.25) is 0 Å². The molecule has 1 aromatic rings. The summed E-state index contributed by atoms with van der Waals surface area (Å²) in [5.74, 6) is 0.162. The Morgan fingerprint density at radius 3 is 2.22 bits per heavy atom. The second kappa shape index (κ2) is 7.49. The molecule has 18 heavy (non-hydrogen) atoms. The van der Waals surface area contributed by atoms with E-state index >= 15 is 0 Å². The number of nitrogens with zero attached hydrogens (tertiary/aromatic N) is 1. The summed E-state index contributed by atoms with van der Waals surface area (Å²) in [6.07, 6.45) is 3.61. The van der Waals surface area contributed by atoms with Crippen LogP contribution in [0, 0.1) is 5.92 Å². The number of hydrogen-bond donors (Lipinski definition) is 2. The van der Waals surface area contributed by atoms with Gasteiger partial charge in [0.15, 0.2) is 0 Å². The molecule has 1 heterocycles. The van der Waals surface area contributed by atoms with Crippen LogP contribution < -0.4 is 0 Å². The summed E-state index contributed by atoms with van der Waals surface area (Å²) < 4.78 is 0. The van der Waals surface area contributed by atoms with Crippen LogP contribution in [0.4, 0.5) is 0 Å². The molecule has 102 valence electrons. The first-order valence-electron chi connectivity index (χ1n) is 6.92. The number of rotatable bonds is 7. The lowest BCUT2D eigenvalue weighted by Gasteiger charge is -2.24. The maximum atomic E-state index is 10.1. The number of aliphatic hydroxyl groups excluding tert-OH is 2. The third-order valence-electron chi connectivity index (χ3n) is 3.64. The second-order valence-corrected chi connectivity index (χ2v) is 4.85. The van der Waals surface area contributed by atoms with Crippen LogP contribution in [0.15, 0.2) is 18.3 Å². The zero-order chi connectivity index (χ0) is 13.5. The van der Waals surface area contributed by atoms with Crippen molar-refractivity contribution in [2.75, 3.05) is 0 Å². The van der Waals surface area contributed by atoms with Crippen molar-refractivity contribution in [2.45, 2.75) is 58.7 Å². The molecule has 0 saturated heterocycles. The van der Waals surface area contributed by atoms with E-state index in [9.17, 15) is 10.2 Å². The molecule has 0 aliphatic heterocycles. The standard InChI is InChI=1S/C15H25NO2/c1-4-11-7-8-13(16-10-11)9-14(17)15(18)12(5-2)6-3/h7-8,10,12,14-15,17-18H,4-6,9H2,1-3H3. The minimum atomic E-state index is -0.727. The van der Waals surface area contributed by atoms with Crippen LogP contribution in [0.1, 0.15) is 44.9 Å². The number of hydrogen-bond acceptors (Lipinski definition) is 3. The summed E-state index contributed by atoms with van der Waals surface area (Å²) >= 11 is 0. The maximum Gasteiger partial charge on any atom is 0.0857 e. The largest absolute Gasteiger partial charge is 0.390 e. The average molecular weight is 251 g/mol. The predicted octanol–water partition coefficient (Wildman–Crippen LogP) is 2.34. The van der Waals surface area contributed by atoms with Gasteiger partial charge in [-0.25, -0.2) is 0 Å². The van der Waals surface area contributed by atoms with Gasteiger partial charge in [0.2, 0.25) is 0 Å². The van der Waals surface area contributed by atoms with Gasteiger partial charge in [0.1, 0.15) is 0 Å². The van der Waals surface area contributed by atoms with Crippen molar-refractivity contribution in [3.8, 4) is 0 Å². The van der Waals surface area contributed by atoms with E-state index in [1.807, 2.05) is 32.2 Å². The van der Waals surface area contributed by atoms with Gasteiger partial charge >= 0.3 is 0 Å². The maximum absolute atomic E-state index is 10.1. The number of aliphatic hydroxyl groups is 2. The molecule has 3 nitrogen and oxygen atoms in total. The summed E-state index contributed by atoms with van der Waals surface area (Å²) in [5.41, 5.74) is 2.03. The Bertz CT molecular complexity index is 333. The van der Waals surface area contributed by atoms with Crippen LogP contribution in [0.5, 0.6) is 0 Å². The van der Waals surface area contributed by atoms with Crippen LogP contribution in [-0.4, -0.2) is 27.4 Å². The van der Waals surface area contributed by atoms with Crippen molar-refractivity contribution in [1.29, 1.82) is 0 Å². The Labute approximate surface area is 110 Å². The SMILES string of the molecule is CCc1ccc(CC(O)C(O)C(CC)CC)nc1. The first-order chi connectivity index (χ1) is 8.62. The van der Waals surface area contributed by atoms with Gasteiger partial charge in [-0.3, -0.25) is 4.98 Å². The van der Waals surface area contributed by atoms with Crippen molar-refractivity contribution in [3.05, 3.63) is 29.6 Å². The quantitative estimate of drug-likeness (QED) is 0.782. The highest BCUT2D eigenvalue weighted by molar-refractivity contribution is 5.14. The van der Waals surface area contributed by atoms with E-state index in [-0.39, 0.29) is 5.92 Å². The first-order valence-corrected chi connectivity index (χ1v) is 6.92. The van der Waals surface area contributed by atoms with E-state index in [0.717, 1.165) is 25.0 Å². The molecule has 0 bridgehead atoms. The molecule has 3 heteroatoms. The van der Waals surface area contributed by atoms with Gasteiger partial charge in [0.25, 0.3) is 0 Å². The summed E-state index contributed by atoms with van der Waals surface area (Å²) in [6.45, 7) is 6.17. The zero-order valence-electron chi connectivity index (χ0n) is 11.6. The molecule has 2 atom stereocenters. The summed E-state index contributed by atoms with van der Waals surface area (Å²) in [7, 11) is 0. The van der Waals surface area contributed by atoms with E-state index in [4.69, 9.17) is 0 Å². The molecular weight excluding hydrogens is 226 g/mol. The molecule has 0 aliphatic carbocycles. The summed E-state index contributed by atoms with van der Waals surface area (Å²) in [5, 5.41) is 20.1. The highest BCUT2D eigenvalue weighted by Crippen LogP contribution is 2.18. The van der Waals surface area contributed by atoms with Crippen molar-refractivity contribution < 1.29 is 10.2 Å². The average Bonchev–Trinajstić information content (AvgIpc) is 2.40. The lowest BCUT2D eigenvalue weighted by Crippen LogP contribution is -2.34. The predicted molar refractivity (Wildman–Crippen MR) is 73.4 cm³/mol. The first kappa shape index (κ1) is 15.1. The van der Waals surface area contributed by atoms with Gasteiger partial charge in [-0.2, -0.15) is 0 Å². The molecule has 0 fully saturated rings. The lowest BCUT2D eigenvalue weighted by molar-refractivity contribution is -0.0192. The highest BCUT2D eigenvalue weighted by Gasteiger charge is 2.24. The minimum absolute atomic E-state index is 0.162. The Morgan fingerprint density at radius 2 is 1.78 bits per heavy atom. The molecule has 0 saturated carbocycles. The van der Waals surface area contributed by atoms with Crippen LogP contribution >= 0.6 is 0 Å². The Hall–Kier alpha value is -0.930. The van der Waals surface area contributed by atoms with Gasteiger partial charge < -0.3 is 10.2 Å². The number of aryl methyl sites for hydroxylation is 1.